The average Bonchev–Trinajstić information content (AvgIpc) is 1.22. The molecule has 0 aliphatic heterocycles. The van der Waals surface area contributed by atoms with Gasteiger partial charge in [-0.2, -0.15) is 0 Å². The summed E-state index contributed by atoms with van der Waals surface area (Å²) in [4.78, 5) is 49.9. The highest BCUT2D eigenvalue weighted by Crippen LogP contribution is 2.46. The first kappa shape index (κ1) is 89.6. The van der Waals surface area contributed by atoms with Crippen molar-refractivity contribution >= 4 is 138 Å². The summed E-state index contributed by atoms with van der Waals surface area (Å²) in [6.07, 6.45) is 0. The zero-order valence-electron chi connectivity index (χ0n) is 80.7. The van der Waals surface area contributed by atoms with Crippen molar-refractivity contribution in [1.29, 1.82) is 0 Å². The quantitative estimate of drug-likeness (QED) is 0.0861. The van der Waals surface area contributed by atoms with Gasteiger partial charge in [-0.15, -0.1) is 34.0 Å². The highest BCUT2D eigenvalue weighted by Gasteiger charge is 2.23. The van der Waals surface area contributed by atoms with Gasteiger partial charge in [0.05, 0.1) is 11.0 Å². The van der Waals surface area contributed by atoms with Gasteiger partial charge in [0, 0.05) is 122 Å². The van der Waals surface area contributed by atoms with E-state index in [1.54, 1.807) is 0 Å². The molecule has 150 heavy (non-hydrogen) atoms. The number of fused-ring (bicyclic) bond motifs is 16. The fourth-order valence-corrected chi connectivity index (χ4v) is 23.9. The summed E-state index contributed by atoms with van der Waals surface area (Å²) in [6.45, 7) is 0. The summed E-state index contributed by atoms with van der Waals surface area (Å²) in [6, 6.07) is 181. The van der Waals surface area contributed by atoms with Crippen molar-refractivity contribution in [2.24, 2.45) is 0 Å². The van der Waals surface area contributed by atoms with Crippen molar-refractivity contribution in [2.75, 3.05) is 0 Å². The minimum Gasteiger partial charge on any atom is -0.292 e. The molecule has 0 aliphatic rings. The number of aromatic nitrogens is 11. The first-order chi connectivity index (χ1) is 74.3. The summed E-state index contributed by atoms with van der Waals surface area (Å²) >= 11 is 5.53. The predicted octanol–water partition coefficient (Wildman–Crippen LogP) is 36.5. The van der Waals surface area contributed by atoms with E-state index >= 15 is 0 Å². The molecule has 11 nitrogen and oxygen atoms in total. The van der Waals surface area contributed by atoms with Crippen molar-refractivity contribution in [3.05, 3.63) is 516 Å². The maximum absolute atomic E-state index is 5.07. The van der Waals surface area contributed by atoms with Gasteiger partial charge in [0.2, 0.25) is 0 Å². The maximum Gasteiger partial charge on any atom is 0.164 e. The Hall–Kier alpha value is -19.2. The largest absolute Gasteiger partial charge is 0.292 e. The fraction of sp³-hybridized carbons (Fsp3) is 0. The zero-order chi connectivity index (χ0) is 99.3. The summed E-state index contributed by atoms with van der Waals surface area (Å²) in [5.41, 5.74) is 24.3. The van der Waals surface area contributed by atoms with Crippen molar-refractivity contribution in [1.82, 2.24) is 54.4 Å². The van der Waals surface area contributed by atoms with Crippen LogP contribution in [0.4, 0.5) is 0 Å². The van der Waals surface area contributed by atoms with E-state index in [9.17, 15) is 0 Å². The number of imidazole rings is 1. The molecule has 0 aliphatic carbocycles. The Labute approximate surface area is 876 Å². The van der Waals surface area contributed by atoms with Gasteiger partial charge in [-0.05, 0) is 167 Å². The monoisotopic (exact) mass is 1970 g/mol. The molecule has 7 heterocycles. The van der Waals surface area contributed by atoms with Crippen molar-refractivity contribution in [3.8, 4) is 175 Å². The molecule has 14 heteroatoms. The van der Waals surface area contributed by atoms with Crippen LogP contribution < -0.4 is 0 Å². The molecule has 0 radical (unpaired) electrons. The maximum atomic E-state index is 5.07. The summed E-state index contributed by atoms with van der Waals surface area (Å²) in [5.74, 6) is 6.66. The molecule has 0 saturated heterocycles. The van der Waals surface area contributed by atoms with Crippen LogP contribution in [0.5, 0.6) is 0 Å². The second-order valence-electron chi connectivity index (χ2n) is 37.2. The van der Waals surface area contributed by atoms with Crippen LogP contribution in [0.25, 0.3) is 279 Å². The highest BCUT2D eigenvalue weighted by molar-refractivity contribution is 7.27. The first-order valence-corrected chi connectivity index (χ1v) is 52.5. The molecule has 0 spiro atoms. The molecule has 0 unspecified atom stereocenters. The van der Waals surface area contributed by atoms with E-state index in [0.29, 0.717) is 52.4 Å². The van der Waals surface area contributed by atoms with Crippen LogP contribution in [0, 0.1) is 0 Å². The topological polar surface area (TPSA) is 134 Å². The second kappa shape index (κ2) is 39.0. The number of benzene rings is 22. The van der Waals surface area contributed by atoms with E-state index in [2.05, 4.69) is 411 Å². The predicted molar refractivity (Wildman–Crippen MR) is 627 cm³/mol. The van der Waals surface area contributed by atoms with Crippen LogP contribution in [0.2, 0.25) is 0 Å². The Bertz CT molecular complexity index is 10100. The van der Waals surface area contributed by atoms with Crippen LogP contribution in [0.15, 0.2) is 516 Å². The lowest BCUT2D eigenvalue weighted by Crippen LogP contribution is -2.00. The lowest BCUT2D eigenvalue weighted by atomic mass is 9.92. The molecule has 7 aromatic heterocycles. The Morgan fingerprint density at radius 2 is 0.400 bits per heavy atom. The Morgan fingerprint density at radius 1 is 0.140 bits per heavy atom. The van der Waals surface area contributed by atoms with Gasteiger partial charge in [0.1, 0.15) is 5.82 Å². The Morgan fingerprint density at radius 3 is 0.833 bits per heavy atom. The fourth-order valence-electron chi connectivity index (χ4n) is 20.5. The molecule has 0 bridgehead atoms. The first-order valence-electron chi connectivity index (χ1n) is 50.0. The highest BCUT2D eigenvalue weighted by atomic mass is 32.1. The molecule has 29 aromatic rings. The Kier molecular flexibility index (Phi) is 23.3. The smallest absolute Gasteiger partial charge is 0.164 e. The van der Waals surface area contributed by atoms with E-state index in [4.69, 9.17) is 49.8 Å². The SMILES string of the molecule is c1ccc(-c2cccc(-c3nc(-c4ccccc4)nc(-c4ccc(-c5ccc6sc7ccccc7c6c5)cc4)n3)c2)cc1.c1ccc(-c2nc(-c3ccc(-c4ccc5c6ccccc6c6ccccc6c5c4)cc3)nc(-c3ccc(-c4cccc5c4sc4ccccc45)cc3)n2)cc1.c1ccc(-c2nc(-c3ccc(-c4ccc5sc6ccccc6c5c4)cc3)nc(-c3ccc(-c4nc5ccccc5n4-c4ccccc4)cc3)n2)cc1. The van der Waals surface area contributed by atoms with Crippen LogP contribution in [-0.2, 0) is 0 Å². The third-order valence-corrected chi connectivity index (χ3v) is 31.5. The van der Waals surface area contributed by atoms with E-state index in [1.165, 1.54) is 121 Å². The summed E-state index contributed by atoms with van der Waals surface area (Å²) < 4.78 is 10.1. The van der Waals surface area contributed by atoms with E-state index in [-0.39, 0.29) is 0 Å². The molecule has 22 aromatic carbocycles. The molecular formula is C136H85N11S3. The van der Waals surface area contributed by atoms with Crippen molar-refractivity contribution < 1.29 is 0 Å². The zero-order valence-corrected chi connectivity index (χ0v) is 83.2. The van der Waals surface area contributed by atoms with Crippen LogP contribution in [0.3, 0.4) is 0 Å². The van der Waals surface area contributed by atoms with E-state index in [0.717, 1.165) is 106 Å². The van der Waals surface area contributed by atoms with Gasteiger partial charge in [-0.25, -0.2) is 49.8 Å². The number of nitrogens with zero attached hydrogens (tertiary/aromatic N) is 11. The van der Waals surface area contributed by atoms with Gasteiger partial charge in [0.15, 0.2) is 52.4 Å². The lowest BCUT2D eigenvalue weighted by Gasteiger charge is -2.12. The number of rotatable bonds is 16. The van der Waals surface area contributed by atoms with Gasteiger partial charge in [-0.1, -0.05) is 437 Å². The van der Waals surface area contributed by atoms with Gasteiger partial charge >= 0.3 is 0 Å². The number of hydrogen-bond acceptors (Lipinski definition) is 13. The number of para-hydroxylation sites is 3. The van der Waals surface area contributed by atoms with Gasteiger partial charge in [-0.3, -0.25) is 4.57 Å². The van der Waals surface area contributed by atoms with Crippen LogP contribution >= 0.6 is 34.0 Å². The molecule has 0 N–H and O–H groups in total. The van der Waals surface area contributed by atoms with Gasteiger partial charge in [0.25, 0.3) is 0 Å². The van der Waals surface area contributed by atoms with Crippen LogP contribution in [0.1, 0.15) is 0 Å². The molecule has 0 amide bonds. The normalized spacial score (nSPS) is 11.5. The number of hydrogen-bond donors (Lipinski definition) is 0. The molecule has 0 fully saturated rings. The van der Waals surface area contributed by atoms with Crippen molar-refractivity contribution in [3.63, 3.8) is 0 Å². The average molecular weight is 1970 g/mol. The second-order valence-corrected chi connectivity index (χ2v) is 40.4. The lowest BCUT2D eigenvalue weighted by molar-refractivity contribution is 1.07. The van der Waals surface area contributed by atoms with Crippen LogP contribution in [-0.4, -0.2) is 54.4 Å². The minimum absolute atomic E-state index is 0.617. The third-order valence-electron chi connectivity index (χ3n) is 28.0. The van der Waals surface area contributed by atoms with E-state index < -0.39 is 0 Å². The summed E-state index contributed by atoms with van der Waals surface area (Å²) in [5, 5.41) is 15.4. The molecular weight excluding hydrogens is 1880 g/mol. The molecule has 0 saturated carbocycles. The number of thiophene rings is 3. The van der Waals surface area contributed by atoms with Gasteiger partial charge < -0.3 is 0 Å². The third kappa shape index (κ3) is 17.4. The molecule has 702 valence electrons. The Balaban J connectivity index is 0.000000112. The summed E-state index contributed by atoms with van der Waals surface area (Å²) in [7, 11) is 0. The van der Waals surface area contributed by atoms with E-state index in [1.807, 2.05) is 143 Å². The molecule has 0 atom stereocenters. The minimum atomic E-state index is 0.617. The molecule has 29 rings (SSSR count). The van der Waals surface area contributed by atoms with Crippen molar-refractivity contribution in [2.45, 2.75) is 0 Å². The standard InChI is InChI=1S/C51H31N3S.C46H29N5S.C39H25N3S/c1-2-11-34(12-3-1)49-52-50(54-51(53-49)36-27-23-33(24-28-36)38-18-10-19-45-44-17-8-9-20-47(44)55-48(38)45)35-25-21-32(22-26-35)37-29-30-43-41-15-5-4-13-39(41)40-14-6-7-16-42(40)46(43)31-37;1-3-11-31(12-4-1)43-48-44(32-21-19-30(20-22-32)35-27-28-42-38(29-35)37-15-7-10-18-41(37)52-42)50-45(49-43)33-23-25-34(26-24-33)46-47-39-16-8-9-17-40(39)51(46)36-13-5-2-6-14-36;1-3-10-26(11-4-1)30-14-9-15-32(24-30)39-41-37(28-12-5-2-6-13-28)40-38(42-39)29-20-18-27(19-21-29)31-22-23-36-34(25-31)33-16-7-8-17-35(33)43-36/h1-31H;1-29H;1-25H.